The van der Waals surface area contributed by atoms with Gasteiger partial charge in [-0.15, -0.1) is 0 Å². The van der Waals surface area contributed by atoms with Crippen LogP contribution in [0.5, 0.6) is 5.75 Å². The van der Waals surface area contributed by atoms with E-state index < -0.39 is 0 Å². The quantitative estimate of drug-likeness (QED) is 0.883. The standard InChI is InChI=1S/C20H25NO2/c1-6-23-19-10-9-17(12-15(19)4)20(22)21-16(5)18-11-13(2)7-8-14(18)3/h7-12,16H,6H2,1-5H3,(H,21,22). The van der Waals surface area contributed by atoms with Gasteiger partial charge < -0.3 is 10.1 Å². The van der Waals surface area contributed by atoms with Crippen LogP contribution in [0.2, 0.25) is 0 Å². The van der Waals surface area contributed by atoms with Crippen LogP contribution in [0.4, 0.5) is 0 Å². The van der Waals surface area contributed by atoms with Crippen molar-refractivity contribution in [3.05, 3.63) is 64.2 Å². The van der Waals surface area contributed by atoms with E-state index in [4.69, 9.17) is 4.74 Å². The highest BCUT2D eigenvalue weighted by Crippen LogP contribution is 2.22. The molecule has 0 aliphatic heterocycles. The van der Waals surface area contributed by atoms with Crippen LogP contribution in [-0.4, -0.2) is 12.5 Å². The first kappa shape index (κ1) is 17.1. The highest BCUT2D eigenvalue weighted by atomic mass is 16.5. The summed E-state index contributed by atoms with van der Waals surface area (Å²) >= 11 is 0. The largest absolute Gasteiger partial charge is 0.494 e. The first-order valence-electron chi connectivity index (χ1n) is 8.03. The monoisotopic (exact) mass is 311 g/mol. The van der Waals surface area contributed by atoms with Crippen molar-refractivity contribution in [1.29, 1.82) is 0 Å². The number of aryl methyl sites for hydroxylation is 3. The summed E-state index contributed by atoms with van der Waals surface area (Å²) in [4.78, 5) is 12.5. The molecule has 2 rings (SSSR count). The predicted molar refractivity (Wildman–Crippen MR) is 94.1 cm³/mol. The van der Waals surface area contributed by atoms with Crippen molar-refractivity contribution in [3.8, 4) is 5.75 Å². The molecule has 0 saturated heterocycles. The highest BCUT2D eigenvalue weighted by molar-refractivity contribution is 5.94. The van der Waals surface area contributed by atoms with E-state index in [1.165, 1.54) is 11.1 Å². The minimum absolute atomic E-state index is 0.0331. The van der Waals surface area contributed by atoms with Crippen LogP contribution in [0.15, 0.2) is 36.4 Å². The fourth-order valence-electron chi connectivity index (χ4n) is 2.69. The van der Waals surface area contributed by atoms with Crippen LogP contribution in [0, 0.1) is 20.8 Å². The molecule has 122 valence electrons. The van der Waals surface area contributed by atoms with Gasteiger partial charge in [0.15, 0.2) is 0 Å². The van der Waals surface area contributed by atoms with Gasteiger partial charge in [-0.2, -0.15) is 0 Å². The summed E-state index contributed by atoms with van der Waals surface area (Å²) in [6.07, 6.45) is 0. The lowest BCUT2D eigenvalue weighted by Crippen LogP contribution is -2.27. The molecule has 1 atom stereocenters. The maximum Gasteiger partial charge on any atom is 0.251 e. The highest BCUT2D eigenvalue weighted by Gasteiger charge is 2.14. The fraction of sp³-hybridized carbons (Fsp3) is 0.350. The smallest absolute Gasteiger partial charge is 0.251 e. The van der Waals surface area contributed by atoms with Crippen LogP contribution in [-0.2, 0) is 0 Å². The van der Waals surface area contributed by atoms with Gasteiger partial charge >= 0.3 is 0 Å². The topological polar surface area (TPSA) is 38.3 Å². The molecule has 3 heteroatoms. The zero-order valence-electron chi connectivity index (χ0n) is 14.6. The molecule has 1 unspecified atom stereocenters. The van der Waals surface area contributed by atoms with Crippen molar-refractivity contribution in [2.24, 2.45) is 0 Å². The molecule has 1 amide bonds. The van der Waals surface area contributed by atoms with Gasteiger partial charge in [0, 0.05) is 5.56 Å². The molecule has 2 aromatic rings. The van der Waals surface area contributed by atoms with Crippen molar-refractivity contribution >= 4 is 5.91 Å². The third-order valence-electron chi connectivity index (χ3n) is 3.99. The van der Waals surface area contributed by atoms with Gasteiger partial charge in [-0.1, -0.05) is 23.8 Å². The molecular formula is C20H25NO2. The first-order chi connectivity index (χ1) is 10.9. The Morgan fingerprint density at radius 3 is 2.48 bits per heavy atom. The van der Waals surface area contributed by atoms with Crippen LogP contribution < -0.4 is 10.1 Å². The van der Waals surface area contributed by atoms with Crippen LogP contribution >= 0.6 is 0 Å². The van der Waals surface area contributed by atoms with E-state index in [-0.39, 0.29) is 11.9 Å². The second-order valence-electron chi connectivity index (χ2n) is 5.97. The van der Waals surface area contributed by atoms with Crippen molar-refractivity contribution in [3.63, 3.8) is 0 Å². The second-order valence-corrected chi connectivity index (χ2v) is 5.97. The summed E-state index contributed by atoms with van der Waals surface area (Å²) < 4.78 is 5.52. The fourth-order valence-corrected chi connectivity index (χ4v) is 2.69. The molecule has 0 saturated carbocycles. The number of ether oxygens (including phenoxy) is 1. The van der Waals surface area contributed by atoms with Crippen molar-refractivity contribution < 1.29 is 9.53 Å². The maximum atomic E-state index is 12.5. The molecule has 0 heterocycles. The molecule has 0 radical (unpaired) electrons. The number of carbonyl (C=O) groups excluding carboxylic acids is 1. The molecule has 2 aromatic carbocycles. The Morgan fingerprint density at radius 2 is 1.83 bits per heavy atom. The maximum absolute atomic E-state index is 12.5. The number of hydrogen-bond donors (Lipinski definition) is 1. The van der Waals surface area contributed by atoms with Crippen molar-refractivity contribution in [2.45, 2.75) is 40.7 Å². The number of carbonyl (C=O) groups is 1. The molecule has 0 aliphatic rings. The Bertz CT molecular complexity index is 707. The van der Waals surface area contributed by atoms with Gasteiger partial charge in [0.05, 0.1) is 12.6 Å². The molecule has 0 aromatic heterocycles. The zero-order chi connectivity index (χ0) is 17.0. The minimum atomic E-state index is -0.0652. The second kappa shape index (κ2) is 7.32. The van der Waals surface area contributed by atoms with E-state index in [1.807, 2.05) is 39.0 Å². The Hall–Kier alpha value is -2.29. The molecule has 23 heavy (non-hydrogen) atoms. The SMILES string of the molecule is CCOc1ccc(C(=O)NC(C)c2cc(C)ccc2C)cc1C. The summed E-state index contributed by atoms with van der Waals surface area (Å²) in [5.41, 5.74) is 5.16. The number of benzene rings is 2. The van der Waals surface area contributed by atoms with Gasteiger partial charge in [-0.3, -0.25) is 4.79 Å². The van der Waals surface area contributed by atoms with Crippen molar-refractivity contribution in [1.82, 2.24) is 5.32 Å². The lowest BCUT2D eigenvalue weighted by molar-refractivity contribution is 0.0939. The van der Waals surface area contributed by atoms with Crippen molar-refractivity contribution in [2.75, 3.05) is 6.61 Å². The van der Waals surface area contributed by atoms with E-state index in [0.717, 1.165) is 16.9 Å². The minimum Gasteiger partial charge on any atom is -0.494 e. The Morgan fingerprint density at radius 1 is 1.09 bits per heavy atom. The van der Waals surface area contributed by atoms with Crippen LogP contribution in [0.3, 0.4) is 0 Å². The van der Waals surface area contributed by atoms with E-state index in [1.54, 1.807) is 0 Å². The number of amides is 1. The molecule has 0 fully saturated rings. The molecule has 0 aliphatic carbocycles. The summed E-state index contributed by atoms with van der Waals surface area (Å²) in [6, 6.07) is 11.8. The van der Waals surface area contributed by atoms with Crippen LogP contribution in [0.1, 0.15) is 52.5 Å². The van der Waals surface area contributed by atoms with Gasteiger partial charge in [0.1, 0.15) is 5.75 Å². The Kier molecular flexibility index (Phi) is 5.43. The number of nitrogens with one attached hydrogen (secondary N) is 1. The average molecular weight is 311 g/mol. The Balaban J connectivity index is 2.15. The van der Waals surface area contributed by atoms with E-state index >= 15 is 0 Å². The van der Waals surface area contributed by atoms with Gasteiger partial charge in [0.25, 0.3) is 5.91 Å². The summed E-state index contributed by atoms with van der Waals surface area (Å²) in [7, 11) is 0. The van der Waals surface area contributed by atoms with Crippen LogP contribution in [0.25, 0.3) is 0 Å². The van der Waals surface area contributed by atoms with Gasteiger partial charge in [0.2, 0.25) is 0 Å². The number of rotatable bonds is 5. The molecule has 0 bridgehead atoms. The third kappa shape index (κ3) is 4.13. The first-order valence-corrected chi connectivity index (χ1v) is 8.03. The normalized spacial score (nSPS) is 11.9. The molecule has 3 nitrogen and oxygen atoms in total. The average Bonchev–Trinajstić information content (AvgIpc) is 2.51. The zero-order valence-corrected chi connectivity index (χ0v) is 14.6. The molecule has 0 spiro atoms. The lowest BCUT2D eigenvalue weighted by atomic mass is 9.99. The predicted octanol–water partition coefficient (Wildman–Crippen LogP) is 4.50. The molecular weight excluding hydrogens is 286 g/mol. The Labute approximate surface area is 138 Å². The lowest BCUT2D eigenvalue weighted by Gasteiger charge is -2.18. The van der Waals surface area contributed by atoms with E-state index in [2.05, 4.69) is 37.4 Å². The summed E-state index contributed by atoms with van der Waals surface area (Å²) in [6.45, 7) is 10.7. The van der Waals surface area contributed by atoms with E-state index in [0.29, 0.717) is 12.2 Å². The van der Waals surface area contributed by atoms with Gasteiger partial charge in [-0.05, 0) is 69.5 Å². The summed E-state index contributed by atoms with van der Waals surface area (Å²) in [5.74, 6) is 0.760. The molecule has 1 N–H and O–H groups in total. The van der Waals surface area contributed by atoms with Gasteiger partial charge in [-0.25, -0.2) is 0 Å². The third-order valence-corrected chi connectivity index (χ3v) is 3.99. The number of hydrogen-bond acceptors (Lipinski definition) is 2. The summed E-state index contributed by atoms with van der Waals surface area (Å²) in [5, 5.41) is 3.08. The van der Waals surface area contributed by atoms with E-state index in [9.17, 15) is 4.79 Å².